The Morgan fingerprint density at radius 2 is 2.09 bits per heavy atom. The summed E-state index contributed by atoms with van der Waals surface area (Å²) in [5.41, 5.74) is 9.78. The lowest BCUT2D eigenvalue weighted by atomic mass is 10.2. The van der Waals surface area contributed by atoms with Gasteiger partial charge in [-0.1, -0.05) is 35.0 Å². The molecule has 0 unspecified atom stereocenters. The molecule has 0 atom stereocenters. The Kier molecular flexibility index (Phi) is 6.17. The van der Waals surface area contributed by atoms with Crippen LogP contribution in [0.15, 0.2) is 58.3 Å². The summed E-state index contributed by atoms with van der Waals surface area (Å²) in [5.74, 6) is -0.580. The number of hydrogen-bond donors (Lipinski definition) is 3. The smallest absolute Gasteiger partial charge is 0.293 e. The number of halogens is 1. The number of carbonyl (C=O) groups is 1. The lowest BCUT2D eigenvalue weighted by Crippen LogP contribution is -2.24. The molecule has 0 fully saturated rings. The van der Waals surface area contributed by atoms with Gasteiger partial charge in [-0.3, -0.25) is 4.79 Å². The van der Waals surface area contributed by atoms with Crippen molar-refractivity contribution in [1.82, 2.24) is 30.7 Å². The number of anilines is 2. The molecule has 0 aliphatic carbocycles. The first kappa shape index (κ1) is 21.8. The van der Waals surface area contributed by atoms with Crippen LogP contribution in [0, 0.1) is 0 Å². The average Bonchev–Trinajstić information content (AvgIpc) is 3.42. The zero-order chi connectivity index (χ0) is 23.4. The van der Waals surface area contributed by atoms with Crippen molar-refractivity contribution in [3.8, 4) is 11.6 Å². The number of para-hydroxylation sites is 1. The first-order valence-corrected chi connectivity index (χ1v) is 9.93. The Bertz CT molecular complexity index is 1300. The van der Waals surface area contributed by atoms with Crippen molar-refractivity contribution in [1.29, 1.82) is 0 Å². The minimum Gasteiger partial charge on any atom is -0.507 e. The number of hydrazone groups is 1. The Labute approximate surface area is 192 Å². The van der Waals surface area contributed by atoms with Crippen molar-refractivity contribution in [3.63, 3.8) is 0 Å². The molecule has 0 saturated heterocycles. The molecule has 12 nitrogen and oxygen atoms in total. The molecule has 0 radical (unpaired) electrons. The average molecular weight is 468 g/mol. The van der Waals surface area contributed by atoms with Crippen LogP contribution in [0.1, 0.15) is 21.7 Å². The van der Waals surface area contributed by atoms with Crippen molar-refractivity contribution in [3.05, 3.63) is 70.5 Å². The second-order valence-corrected chi connectivity index (χ2v) is 7.30. The van der Waals surface area contributed by atoms with Gasteiger partial charge in [0.15, 0.2) is 5.69 Å². The topological polar surface area (TPSA) is 161 Å². The van der Waals surface area contributed by atoms with E-state index in [1.54, 1.807) is 0 Å². The van der Waals surface area contributed by atoms with Crippen LogP contribution in [-0.2, 0) is 6.54 Å². The SMILES string of the molecule is CN(Cc1c(C(=O)N/N=C\c2cc(Cl)ccc2O)nnn1-c1nonc1N)c1ccccc1. The van der Waals surface area contributed by atoms with Crippen molar-refractivity contribution in [2.24, 2.45) is 5.10 Å². The number of aromatic nitrogens is 5. The van der Waals surface area contributed by atoms with Crippen molar-refractivity contribution in [2.75, 3.05) is 17.7 Å². The predicted octanol–water partition coefficient (Wildman–Crippen LogP) is 1.99. The summed E-state index contributed by atoms with van der Waals surface area (Å²) in [6.45, 7) is 0.227. The van der Waals surface area contributed by atoms with Gasteiger partial charge in [-0.25, -0.2) is 10.1 Å². The minimum atomic E-state index is -0.634. The summed E-state index contributed by atoms with van der Waals surface area (Å²) in [4.78, 5) is 14.7. The molecule has 1 amide bonds. The van der Waals surface area contributed by atoms with Gasteiger partial charge in [-0.05, 0) is 40.6 Å². The molecule has 4 aromatic rings. The van der Waals surface area contributed by atoms with E-state index in [0.717, 1.165) is 5.69 Å². The number of rotatable bonds is 7. The number of nitrogens with zero attached hydrogens (tertiary/aromatic N) is 7. The molecule has 2 aromatic heterocycles. The van der Waals surface area contributed by atoms with Gasteiger partial charge in [0.05, 0.1) is 18.5 Å². The standard InChI is InChI=1S/C20H18ClN9O3/c1-29(14-5-3-2-4-6-14)11-15-17(24-28-30(15)19-18(22)26-33-27-19)20(32)25-23-10-12-9-13(21)7-8-16(12)31/h2-10,31H,11H2,1H3,(H2,22,26)(H,25,32)/b23-10-. The molecule has 4 N–H and O–H groups in total. The number of hydrogen-bond acceptors (Lipinski definition) is 10. The first-order chi connectivity index (χ1) is 15.9. The van der Waals surface area contributed by atoms with E-state index in [-0.39, 0.29) is 29.6 Å². The zero-order valence-electron chi connectivity index (χ0n) is 17.3. The number of amides is 1. The molecule has 13 heteroatoms. The maximum atomic E-state index is 12.9. The lowest BCUT2D eigenvalue weighted by Gasteiger charge is -2.19. The van der Waals surface area contributed by atoms with E-state index >= 15 is 0 Å². The number of phenols is 1. The third-order valence-electron chi connectivity index (χ3n) is 4.62. The number of benzene rings is 2. The third kappa shape index (κ3) is 4.75. The maximum Gasteiger partial charge on any atom is 0.293 e. The van der Waals surface area contributed by atoms with Gasteiger partial charge in [0.1, 0.15) is 5.75 Å². The highest BCUT2D eigenvalue weighted by Gasteiger charge is 2.25. The largest absolute Gasteiger partial charge is 0.507 e. The lowest BCUT2D eigenvalue weighted by molar-refractivity contribution is 0.0949. The molecule has 0 bridgehead atoms. The monoisotopic (exact) mass is 467 g/mol. The van der Waals surface area contributed by atoms with E-state index in [1.807, 2.05) is 42.3 Å². The summed E-state index contributed by atoms with van der Waals surface area (Å²) in [7, 11) is 1.85. The van der Waals surface area contributed by atoms with Crippen LogP contribution in [0.3, 0.4) is 0 Å². The fraction of sp³-hybridized carbons (Fsp3) is 0.100. The zero-order valence-corrected chi connectivity index (χ0v) is 18.0. The highest BCUT2D eigenvalue weighted by molar-refractivity contribution is 6.30. The molecule has 2 aromatic carbocycles. The summed E-state index contributed by atoms with van der Waals surface area (Å²) >= 11 is 5.92. The molecular weight excluding hydrogens is 450 g/mol. The Balaban J connectivity index is 1.62. The summed E-state index contributed by atoms with van der Waals surface area (Å²) in [5, 5.41) is 29.5. The number of carbonyl (C=O) groups excluding carboxylic acids is 1. The molecule has 4 rings (SSSR count). The minimum absolute atomic E-state index is 0.00681. The highest BCUT2D eigenvalue weighted by atomic mass is 35.5. The number of nitrogen functional groups attached to an aromatic ring is 1. The normalized spacial score (nSPS) is 11.1. The van der Waals surface area contributed by atoms with Gasteiger partial charge in [-0.15, -0.1) is 5.10 Å². The highest BCUT2D eigenvalue weighted by Crippen LogP contribution is 2.21. The Morgan fingerprint density at radius 1 is 1.30 bits per heavy atom. The summed E-state index contributed by atoms with van der Waals surface area (Å²) in [6.07, 6.45) is 1.26. The van der Waals surface area contributed by atoms with Crippen LogP contribution in [-0.4, -0.2) is 49.6 Å². The van der Waals surface area contributed by atoms with Gasteiger partial charge in [0.25, 0.3) is 5.91 Å². The van der Waals surface area contributed by atoms with Crippen LogP contribution < -0.4 is 16.1 Å². The molecule has 0 aliphatic heterocycles. The van der Waals surface area contributed by atoms with Crippen molar-refractivity contribution >= 4 is 35.2 Å². The van der Waals surface area contributed by atoms with E-state index in [2.05, 4.69) is 35.8 Å². The van der Waals surface area contributed by atoms with Gasteiger partial charge < -0.3 is 15.7 Å². The van der Waals surface area contributed by atoms with Gasteiger partial charge >= 0.3 is 0 Å². The second-order valence-electron chi connectivity index (χ2n) is 6.86. The molecule has 168 valence electrons. The Hall–Kier alpha value is -4.45. The van der Waals surface area contributed by atoms with Crippen LogP contribution in [0.2, 0.25) is 5.02 Å². The van der Waals surface area contributed by atoms with E-state index in [4.69, 9.17) is 17.3 Å². The molecule has 2 heterocycles. The van der Waals surface area contributed by atoms with Crippen LogP contribution in [0.4, 0.5) is 11.5 Å². The van der Waals surface area contributed by atoms with Gasteiger partial charge in [0.2, 0.25) is 11.6 Å². The van der Waals surface area contributed by atoms with Crippen LogP contribution in [0.5, 0.6) is 5.75 Å². The quantitative estimate of drug-likeness (QED) is 0.272. The summed E-state index contributed by atoms with van der Waals surface area (Å²) in [6, 6.07) is 14.0. The van der Waals surface area contributed by atoms with E-state index in [9.17, 15) is 9.90 Å². The van der Waals surface area contributed by atoms with Crippen LogP contribution >= 0.6 is 11.6 Å². The second kappa shape index (κ2) is 9.36. The summed E-state index contributed by atoms with van der Waals surface area (Å²) < 4.78 is 5.95. The third-order valence-corrected chi connectivity index (χ3v) is 4.85. The van der Waals surface area contributed by atoms with Gasteiger partial charge in [0, 0.05) is 23.3 Å². The van der Waals surface area contributed by atoms with Crippen LogP contribution in [0.25, 0.3) is 5.82 Å². The molecule has 0 spiro atoms. The van der Waals surface area contributed by atoms with E-state index in [0.29, 0.717) is 16.3 Å². The number of nitrogens with two attached hydrogens (primary N) is 1. The first-order valence-electron chi connectivity index (χ1n) is 9.55. The number of aromatic hydroxyl groups is 1. The van der Waals surface area contributed by atoms with Crippen molar-refractivity contribution < 1.29 is 14.5 Å². The maximum absolute atomic E-state index is 12.9. The fourth-order valence-electron chi connectivity index (χ4n) is 2.97. The van der Waals surface area contributed by atoms with E-state index < -0.39 is 5.91 Å². The molecular formula is C20H18ClN9O3. The Morgan fingerprint density at radius 3 is 2.82 bits per heavy atom. The van der Waals surface area contributed by atoms with E-state index in [1.165, 1.54) is 29.1 Å². The van der Waals surface area contributed by atoms with Crippen molar-refractivity contribution in [2.45, 2.75) is 6.54 Å². The number of phenolic OH excluding ortho intramolecular Hbond substituents is 1. The predicted molar refractivity (Wildman–Crippen MR) is 120 cm³/mol. The molecule has 0 aliphatic rings. The van der Waals surface area contributed by atoms with Gasteiger partial charge in [-0.2, -0.15) is 9.78 Å². The molecule has 33 heavy (non-hydrogen) atoms. The molecule has 0 saturated carbocycles. The fourth-order valence-corrected chi connectivity index (χ4v) is 3.15. The number of nitrogens with one attached hydrogen (secondary N) is 1.